The summed E-state index contributed by atoms with van der Waals surface area (Å²) in [7, 11) is 0. The van der Waals surface area contributed by atoms with Crippen LogP contribution in [0.5, 0.6) is 0 Å². The van der Waals surface area contributed by atoms with Gasteiger partial charge in [-0.3, -0.25) is 4.79 Å². The van der Waals surface area contributed by atoms with Crippen molar-refractivity contribution in [1.29, 1.82) is 0 Å². The first-order valence-electron chi connectivity index (χ1n) is 7.31. The quantitative estimate of drug-likeness (QED) is 0.778. The second kappa shape index (κ2) is 5.91. The Kier molecular flexibility index (Phi) is 4.46. The van der Waals surface area contributed by atoms with E-state index in [9.17, 15) is 4.79 Å². The molecule has 1 atom stereocenters. The zero-order valence-corrected chi connectivity index (χ0v) is 12.5. The molecule has 19 heavy (non-hydrogen) atoms. The molecule has 0 spiro atoms. The maximum Gasteiger partial charge on any atom is 0.198 e. The van der Waals surface area contributed by atoms with Crippen LogP contribution in [0, 0.1) is 19.8 Å². The fraction of sp³-hybridized carbons (Fsp3) is 0.688. The van der Waals surface area contributed by atoms with Gasteiger partial charge in [0.15, 0.2) is 11.5 Å². The van der Waals surface area contributed by atoms with E-state index in [0.717, 1.165) is 24.3 Å². The molecule has 1 aliphatic heterocycles. The first kappa shape index (κ1) is 14.3. The van der Waals surface area contributed by atoms with Gasteiger partial charge in [0, 0.05) is 19.0 Å². The maximum atomic E-state index is 12.2. The van der Waals surface area contributed by atoms with Crippen LogP contribution < -0.4 is 0 Å². The smallest absolute Gasteiger partial charge is 0.198 e. The summed E-state index contributed by atoms with van der Waals surface area (Å²) >= 11 is 0. The molecule has 1 aromatic rings. The third-order valence-corrected chi connectivity index (χ3v) is 4.20. The van der Waals surface area contributed by atoms with Gasteiger partial charge in [-0.1, -0.05) is 0 Å². The molecule has 2 rings (SSSR count). The van der Waals surface area contributed by atoms with Crippen LogP contribution in [0.2, 0.25) is 0 Å². The molecule has 1 aliphatic rings. The Hall–Kier alpha value is -1.09. The van der Waals surface area contributed by atoms with E-state index in [1.54, 1.807) is 0 Å². The summed E-state index contributed by atoms with van der Waals surface area (Å²) in [6.45, 7) is 10.6. The minimum Gasteiger partial charge on any atom is -0.458 e. The number of carbonyl (C=O) groups is 1. The van der Waals surface area contributed by atoms with Crippen LogP contribution in [-0.4, -0.2) is 29.8 Å². The van der Waals surface area contributed by atoms with Gasteiger partial charge >= 0.3 is 0 Å². The van der Waals surface area contributed by atoms with Gasteiger partial charge in [-0.2, -0.15) is 0 Å². The second-order valence-corrected chi connectivity index (χ2v) is 6.07. The molecule has 2 heterocycles. The number of carbonyl (C=O) groups excluding carboxylic acids is 1. The zero-order valence-electron chi connectivity index (χ0n) is 12.5. The van der Waals surface area contributed by atoms with E-state index in [0.29, 0.717) is 24.1 Å². The number of furan rings is 1. The van der Waals surface area contributed by atoms with Crippen molar-refractivity contribution in [3.05, 3.63) is 23.2 Å². The van der Waals surface area contributed by atoms with E-state index in [1.807, 2.05) is 19.9 Å². The highest BCUT2D eigenvalue weighted by atomic mass is 16.3. The van der Waals surface area contributed by atoms with Crippen molar-refractivity contribution in [3.8, 4) is 0 Å². The number of ketones is 1. The summed E-state index contributed by atoms with van der Waals surface area (Å²) in [6.07, 6.45) is 2.98. The standard InChI is InChI=1S/C16H25NO2/c1-11(2)17-7-5-6-14(10-17)9-15(18)16-8-12(3)13(4)19-16/h8,11,14H,5-7,9-10H2,1-4H3/t14-/m0/s1. The fourth-order valence-electron chi connectivity index (χ4n) is 2.81. The lowest BCUT2D eigenvalue weighted by Gasteiger charge is -2.35. The normalized spacial score (nSPS) is 21.0. The lowest BCUT2D eigenvalue weighted by atomic mass is 9.91. The minimum absolute atomic E-state index is 0.159. The first-order valence-corrected chi connectivity index (χ1v) is 7.31. The van der Waals surface area contributed by atoms with Crippen molar-refractivity contribution in [2.24, 2.45) is 5.92 Å². The molecule has 0 N–H and O–H groups in total. The Morgan fingerprint density at radius 1 is 1.47 bits per heavy atom. The van der Waals surface area contributed by atoms with E-state index in [1.165, 1.54) is 13.0 Å². The van der Waals surface area contributed by atoms with Crippen molar-refractivity contribution in [1.82, 2.24) is 4.90 Å². The number of rotatable bonds is 4. The molecule has 1 fully saturated rings. The number of likely N-dealkylation sites (tertiary alicyclic amines) is 1. The predicted molar refractivity (Wildman–Crippen MR) is 76.6 cm³/mol. The maximum absolute atomic E-state index is 12.2. The second-order valence-electron chi connectivity index (χ2n) is 6.07. The average molecular weight is 263 g/mol. The van der Waals surface area contributed by atoms with Gasteiger partial charge in [-0.15, -0.1) is 0 Å². The van der Waals surface area contributed by atoms with E-state index in [-0.39, 0.29) is 5.78 Å². The molecule has 3 nitrogen and oxygen atoms in total. The highest BCUT2D eigenvalue weighted by Gasteiger charge is 2.25. The highest BCUT2D eigenvalue weighted by Crippen LogP contribution is 2.24. The van der Waals surface area contributed by atoms with Crippen LogP contribution >= 0.6 is 0 Å². The SMILES string of the molecule is Cc1cc(C(=O)C[C@@H]2CCCN(C(C)C)C2)oc1C. The Balaban J connectivity index is 1.95. The molecule has 0 saturated carbocycles. The molecule has 0 radical (unpaired) electrons. The number of Topliss-reactive ketones (excluding diaryl/α,β-unsaturated/α-hetero) is 1. The summed E-state index contributed by atoms with van der Waals surface area (Å²) in [5, 5.41) is 0. The van der Waals surface area contributed by atoms with Crippen LogP contribution in [0.4, 0.5) is 0 Å². The Morgan fingerprint density at radius 2 is 2.21 bits per heavy atom. The van der Waals surface area contributed by atoms with E-state index in [4.69, 9.17) is 4.42 Å². The topological polar surface area (TPSA) is 33.5 Å². The zero-order chi connectivity index (χ0) is 14.0. The molecule has 0 aromatic carbocycles. The van der Waals surface area contributed by atoms with Gasteiger partial charge in [0.05, 0.1) is 0 Å². The number of nitrogens with zero attached hydrogens (tertiary/aromatic N) is 1. The van der Waals surface area contributed by atoms with Crippen molar-refractivity contribution < 1.29 is 9.21 Å². The molecule has 0 aliphatic carbocycles. The van der Waals surface area contributed by atoms with Crippen LogP contribution in [-0.2, 0) is 0 Å². The number of hydrogen-bond donors (Lipinski definition) is 0. The van der Waals surface area contributed by atoms with Gasteiger partial charge in [0.25, 0.3) is 0 Å². The summed E-state index contributed by atoms with van der Waals surface area (Å²) in [5.41, 5.74) is 1.07. The van der Waals surface area contributed by atoms with E-state index >= 15 is 0 Å². The van der Waals surface area contributed by atoms with E-state index < -0.39 is 0 Å². The molecule has 1 saturated heterocycles. The Morgan fingerprint density at radius 3 is 2.79 bits per heavy atom. The van der Waals surface area contributed by atoms with Gasteiger partial charge in [0.2, 0.25) is 0 Å². The van der Waals surface area contributed by atoms with Crippen LogP contribution in [0.3, 0.4) is 0 Å². The fourth-order valence-corrected chi connectivity index (χ4v) is 2.81. The molecular weight excluding hydrogens is 238 g/mol. The van der Waals surface area contributed by atoms with Gasteiger partial charge in [-0.05, 0) is 64.6 Å². The molecule has 106 valence electrons. The van der Waals surface area contributed by atoms with Crippen molar-refractivity contribution >= 4 is 5.78 Å². The summed E-state index contributed by atoms with van der Waals surface area (Å²) < 4.78 is 5.53. The Labute approximate surface area is 116 Å². The molecule has 0 unspecified atom stereocenters. The molecule has 1 aromatic heterocycles. The highest BCUT2D eigenvalue weighted by molar-refractivity contribution is 5.93. The van der Waals surface area contributed by atoms with Crippen LogP contribution in [0.15, 0.2) is 10.5 Å². The number of hydrogen-bond acceptors (Lipinski definition) is 3. The predicted octanol–water partition coefficient (Wildman–Crippen LogP) is 3.59. The average Bonchev–Trinajstić information content (AvgIpc) is 2.70. The summed E-state index contributed by atoms with van der Waals surface area (Å²) in [6, 6.07) is 2.45. The van der Waals surface area contributed by atoms with Gasteiger partial charge < -0.3 is 9.32 Å². The lowest BCUT2D eigenvalue weighted by molar-refractivity contribution is 0.0863. The summed E-state index contributed by atoms with van der Waals surface area (Å²) in [5.74, 6) is 2.04. The Bertz CT molecular complexity index is 428. The largest absolute Gasteiger partial charge is 0.458 e. The van der Waals surface area contributed by atoms with Crippen molar-refractivity contribution in [2.75, 3.05) is 13.1 Å². The third kappa shape index (κ3) is 3.47. The monoisotopic (exact) mass is 263 g/mol. The molecular formula is C16H25NO2. The van der Waals surface area contributed by atoms with Crippen molar-refractivity contribution in [2.45, 2.75) is 53.0 Å². The first-order chi connectivity index (χ1) is 8.97. The third-order valence-electron chi connectivity index (χ3n) is 4.20. The lowest BCUT2D eigenvalue weighted by Crippen LogP contribution is -2.40. The van der Waals surface area contributed by atoms with Gasteiger partial charge in [0.1, 0.15) is 5.76 Å². The van der Waals surface area contributed by atoms with Crippen LogP contribution in [0.25, 0.3) is 0 Å². The molecule has 3 heteroatoms. The van der Waals surface area contributed by atoms with E-state index in [2.05, 4.69) is 18.7 Å². The minimum atomic E-state index is 0.159. The number of piperidine rings is 1. The molecule has 0 amide bonds. The van der Waals surface area contributed by atoms with Gasteiger partial charge in [-0.25, -0.2) is 0 Å². The summed E-state index contributed by atoms with van der Waals surface area (Å²) in [4.78, 5) is 14.7. The molecule has 0 bridgehead atoms. The van der Waals surface area contributed by atoms with Crippen LogP contribution in [0.1, 0.15) is 55.0 Å². The van der Waals surface area contributed by atoms with Crippen molar-refractivity contribution in [3.63, 3.8) is 0 Å². The number of aryl methyl sites for hydroxylation is 2.